The van der Waals surface area contributed by atoms with E-state index in [0.29, 0.717) is 31.8 Å². The van der Waals surface area contributed by atoms with Crippen LogP contribution in [0.3, 0.4) is 0 Å². The Morgan fingerprint density at radius 2 is 2.36 bits per heavy atom. The Labute approximate surface area is 135 Å². The summed E-state index contributed by atoms with van der Waals surface area (Å²) in [5.74, 6) is 0.571. The number of hydrogen-bond donors (Lipinski definition) is 0. The summed E-state index contributed by atoms with van der Waals surface area (Å²) < 4.78 is 18.3. The molecule has 0 saturated heterocycles. The average molecular weight is 326 g/mol. The SMILES string of the molecule is CCOC(/C=C\CCC(=O)N(C)Cc1cncs1)=C/C(C)F. The first-order valence-electron chi connectivity index (χ1n) is 7.29. The van der Waals surface area contributed by atoms with Crippen LogP contribution >= 0.6 is 11.3 Å². The standard InChI is InChI=1S/C16H23FN2O2S/c1-4-21-14(9-13(2)17)7-5-6-8-16(20)19(3)11-15-10-18-12-22-15/h5,7,9-10,12-13H,4,6,8,11H2,1-3H3/b7-5-,14-9+. The topological polar surface area (TPSA) is 42.4 Å². The molecular weight excluding hydrogens is 303 g/mol. The molecule has 0 aromatic carbocycles. The van der Waals surface area contributed by atoms with Crippen LogP contribution in [0.25, 0.3) is 0 Å². The molecule has 1 unspecified atom stereocenters. The van der Waals surface area contributed by atoms with Gasteiger partial charge in [0.2, 0.25) is 5.91 Å². The molecule has 1 heterocycles. The minimum atomic E-state index is -1.06. The minimum Gasteiger partial charge on any atom is -0.494 e. The number of aromatic nitrogens is 1. The molecule has 0 radical (unpaired) electrons. The summed E-state index contributed by atoms with van der Waals surface area (Å²) in [5, 5.41) is 0. The van der Waals surface area contributed by atoms with Gasteiger partial charge in [-0.3, -0.25) is 9.78 Å². The number of ether oxygens (including phenoxy) is 1. The Balaban J connectivity index is 2.38. The van der Waals surface area contributed by atoms with Crippen molar-refractivity contribution in [2.45, 2.75) is 39.4 Å². The van der Waals surface area contributed by atoms with Crippen LogP contribution in [-0.2, 0) is 16.1 Å². The largest absolute Gasteiger partial charge is 0.494 e. The number of hydrogen-bond acceptors (Lipinski definition) is 4. The molecule has 1 atom stereocenters. The number of nitrogens with zero attached hydrogens (tertiary/aromatic N) is 2. The van der Waals surface area contributed by atoms with Crippen molar-refractivity contribution in [1.29, 1.82) is 0 Å². The molecular formula is C16H23FN2O2S. The molecule has 4 nitrogen and oxygen atoms in total. The van der Waals surface area contributed by atoms with Gasteiger partial charge in [0, 0.05) is 24.5 Å². The smallest absolute Gasteiger partial charge is 0.222 e. The number of alkyl halides is 1. The Hall–Kier alpha value is -1.69. The normalized spacial score (nSPS) is 13.4. The van der Waals surface area contributed by atoms with Crippen LogP contribution in [0.2, 0.25) is 0 Å². The first-order chi connectivity index (χ1) is 10.5. The summed E-state index contributed by atoms with van der Waals surface area (Å²) >= 11 is 1.53. The highest BCUT2D eigenvalue weighted by molar-refractivity contribution is 7.09. The second-order valence-corrected chi connectivity index (χ2v) is 5.81. The molecule has 0 fully saturated rings. The zero-order valence-electron chi connectivity index (χ0n) is 13.3. The van der Waals surface area contributed by atoms with Crippen molar-refractivity contribution in [3.63, 3.8) is 0 Å². The lowest BCUT2D eigenvalue weighted by molar-refractivity contribution is -0.130. The van der Waals surface area contributed by atoms with Gasteiger partial charge in [0.05, 0.1) is 18.7 Å². The quantitative estimate of drug-likeness (QED) is 0.513. The van der Waals surface area contributed by atoms with E-state index in [2.05, 4.69) is 4.98 Å². The van der Waals surface area contributed by atoms with Gasteiger partial charge in [-0.2, -0.15) is 0 Å². The molecule has 1 amide bonds. The summed E-state index contributed by atoms with van der Waals surface area (Å²) in [5.41, 5.74) is 1.75. The number of rotatable bonds is 9. The molecule has 6 heteroatoms. The number of amides is 1. The first kappa shape index (κ1) is 18.4. The molecule has 1 rings (SSSR count). The highest BCUT2D eigenvalue weighted by atomic mass is 32.1. The molecule has 22 heavy (non-hydrogen) atoms. The van der Waals surface area contributed by atoms with Crippen LogP contribution in [-0.4, -0.2) is 35.6 Å². The van der Waals surface area contributed by atoms with Crippen molar-refractivity contribution in [3.05, 3.63) is 40.6 Å². The van der Waals surface area contributed by atoms with Gasteiger partial charge >= 0.3 is 0 Å². The van der Waals surface area contributed by atoms with Crippen molar-refractivity contribution in [3.8, 4) is 0 Å². The van der Waals surface area contributed by atoms with Crippen LogP contribution < -0.4 is 0 Å². The maximum absolute atomic E-state index is 12.9. The highest BCUT2D eigenvalue weighted by Gasteiger charge is 2.09. The maximum Gasteiger partial charge on any atom is 0.222 e. The summed E-state index contributed by atoms with van der Waals surface area (Å²) in [6, 6.07) is 0. The zero-order valence-corrected chi connectivity index (χ0v) is 14.1. The van der Waals surface area contributed by atoms with E-state index in [1.165, 1.54) is 24.3 Å². The third kappa shape index (κ3) is 7.36. The van der Waals surface area contributed by atoms with Crippen molar-refractivity contribution in [2.24, 2.45) is 0 Å². The number of carbonyl (C=O) groups excluding carboxylic acids is 1. The summed E-state index contributed by atoms with van der Waals surface area (Å²) in [7, 11) is 1.78. The minimum absolute atomic E-state index is 0.0684. The number of allylic oxidation sites excluding steroid dienone is 3. The fourth-order valence-electron chi connectivity index (χ4n) is 1.78. The lowest BCUT2D eigenvalue weighted by Gasteiger charge is -2.15. The van der Waals surface area contributed by atoms with Crippen molar-refractivity contribution < 1.29 is 13.9 Å². The summed E-state index contributed by atoms with van der Waals surface area (Å²) in [6.07, 6.45) is 6.69. The van der Waals surface area contributed by atoms with Crippen LogP contribution in [0.4, 0.5) is 4.39 Å². The van der Waals surface area contributed by atoms with E-state index in [1.54, 1.807) is 29.7 Å². The van der Waals surface area contributed by atoms with Gasteiger partial charge in [0.15, 0.2) is 0 Å². The monoisotopic (exact) mass is 326 g/mol. The Morgan fingerprint density at radius 3 is 2.95 bits per heavy atom. The van der Waals surface area contributed by atoms with Crippen molar-refractivity contribution >= 4 is 17.2 Å². The Kier molecular flexibility index (Phi) is 8.43. The van der Waals surface area contributed by atoms with Crippen LogP contribution in [0.5, 0.6) is 0 Å². The second-order valence-electron chi connectivity index (χ2n) is 4.84. The third-order valence-corrected chi connectivity index (χ3v) is 3.58. The molecule has 0 aliphatic rings. The molecule has 1 aromatic rings. The maximum atomic E-state index is 12.9. The Bertz CT molecular complexity index is 498. The molecule has 122 valence electrons. The zero-order chi connectivity index (χ0) is 16.4. The Morgan fingerprint density at radius 1 is 1.59 bits per heavy atom. The molecule has 0 spiro atoms. The predicted molar refractivity (Wildman–Crippen MR) is 87.2 cm³/mol. The molecule has 0 aliphatic heterocycles. The van der Waals surface area contributed by atoms with Gasteiger partial charge in [0.25, 0.3) is 0 Å². The van der Waals surface area contributed by atoms with E-state index in [0.717, 1.165) is 4.88 Å². The molecule has 0 aliphatic carbocycles. The summed E-state index contributed by atoms with van der Waals surface area (Å²) in [4.78, 5) is 18.7. The number of halogens is 1. The van der Waals surface area contributed by atoms with Crippen LogP contribution in [0.15, 0.2) is 35.7 Å². The molecule has 0 saturated carbocycles. The van der Waals surface area contributed by atoms with Gasteiger partial charge in [-0.1, -0.05) is 6.08 Å². The fourth-order valence-corrected chi connectivity index (χ4v) is 2.43. The molecule has 0 N–H and O–H groups in total. The van der Waals surface area contributed by atoms with Crippen LogP contribution in [0.1, 0.15) is 31.6 Å². The van der Waals surface area contributed by atoms with Gasteiger partial charge in [-0.15, -0.1) is 11.3 Å². The van der Waals surface area contributed by atoms with Gasteiger partial charge in [-0.05, 0) is 32.4 Å². The lowest BCUT2D eigenvalue weighted by atomic mass is 10.2. The summed E-state index contributed by atoms with van der Waals surface area (Å²) in [6.45, 7) is 4.36. The molecule has 0 bridgehead atoms. The van der Waals surface area contributed by atoms with E-state index in [9.17, 15) is 9.18 Å². The molecule has 1 aromatic heterocycles. The van der Waals surface area contributed by atoms with Crippen LogP contribution in [0, 0.1) is 0 Å². The van der Waals surface area contributed by atoms with E-state index in [4.69, 9.17) is 4.74 Å². The average Bonchev–Trinajstić information content (AvgIpc) is 2.95. The lowest BCUT2D eigenvalue weighted by Crippen LogP contribution is -2.25. The predicted octanol–water partition coefficient (Wildman–Crippen LogP) is 3.72. The third-order valence-electron chi connectivity index (χ3n) is 2.81. The fraction of sp³-hybridized carbons (Fsp3) is 0.500. The second kappa shape index (κ2) is 10.1. The van der Waals surface area contributed by atoms with E-state index >= 15 is 0 Å². The van der Waals surface area contributed by atoms with Gasteiger partial charge < -0.3 is 9.64 Å². The first-order valence-corrected chi connectivity index (χ1v) is 8.17. The van der Waals surface area contributed by atoms with Gasteiger partial charge in [-0.25, -0.2) is 4.39 Å². The van der Waals surface area contributed by atoms with E-state index in [1.807, 2.05) is 13.0 Å². The van der Waals surface area contributed by atoms with Crippen molar-refractivity contribution in [2.75, 3.05) is 13.7 Å². The number of carbonyl (C=O) groups is 1. The van der Waals surface area contributed by atoms with E-state index in [-0.39, 0.29) is 5.91 Å². The van der Waals surface area contributed by atoms with E-state index < -0.39 is 6.17 Å². The number of thiazole rings is 1. The highest BCUT2D eigenvalue weighted by Crippen LogP contribution is 2.10. The van der Waals surface area contributed by atoms with Gasteiger partial charge in [0.1, 0.15) is 11.9 Å². The van der Waals surface area contributed by atoms with Crippen molar-refractivity contribution in [1.82, 2.24) is 9.88 Å².